The SMILES string of the molecule is CSC1CCC(NC2CCN3CCC2C3)CC1. The molecule has 3 fully saturated rings. The molecule has 0 aromatic heterocycles. The van der Waals surface area contributed by atoms with Gasteiger partial charge in [-0.05, 0) is 63.8 Å². The standard InChI is InChI=1S/C14H26N2S/c1-17-13-4-2-12(3-5-13)15-14-7-9-16-8-6-11(14)10-16/h11-15H,2-10H2,1H3. The van der Waals surface area contributed by atoms with Crippen molar-refractivity contribution in [1.29, 1.82) is 0 Å². The summed E-state index contributed by atoms with van der Waals surface area (Å²) in [4.78, 5) is 2.65. The van der Waals surface area contributed by atoms with Gasteiger partial charge in [-0.2, -0.15) is 11.8 Å². The number of hydrogen-bond acceptors (Lipinski definition) is 3. The summed E-state index contributed by atoms with van der Waals surface area (Å²) in [7, 11) is 0. The third-order valence-corrected chi connectivity index (χ3v) is 6.23. The lowest BCUT2D eigenvalue weighted by Crippen LogP contribution is -2.48. The highest BCUT2D eigenvalue weighted by molar-refractivity contribution is 7.99. The quantitative estimate of drug-likeness (QED) is 0.832. The van der Waals surface area contributed by atoms with E-state index in [0.29, 0.717) is 0 Å². The van der Waals surface area contributed by atoms with Gasteiger partial charge < -0.3 is 10.2 Å². The van der Waals surface area contributed by atoms with Gasteiger partial charge in [-0.3, -0.25) is 0 Å². The van der Waals surface area contributed by atoms with Gasteiger partial charge in [-0.1, -0.05) is 0 Å². The second-order valence-corrected chi connectivity index (χ2v) is 7.26. The Morgan fingerprint density at radius 3 is 2.53 bits per heavy atom. The Bertz CT molecular complexity index is 251. The van der Waals surface area contributed by atoms with E-state index in [1.54, 1.807) is 0 Å². The van der Waals surface area contributed by atoms with Gasteiger partial charge in [0, 0.05) is 23.9 Å². The zero-order valence-corrected chi connectivity index (χ0v) is 11.8. The molecule has 3 aliphatic rings. The van der Waals surface area contributed by atoms with Gasteiger partial charge >= 0.3 is 0 Å². The molecule has 0 spiro atoms. The Balaban J connectivity index is 1.47. The first-order valence-electron chi connectivity index (χ1n) is 7.36. The van der Waals surface area contributed by atoms with Gasteiger partial charge in [-0.25, -0.2) is 0 Å². The Morgan fingerprint density at radius 2 is 1.76 bits per heavy atom. The number of piperidine rings is 1. The first-order chi connectivity index (χ1) is 8.35. The van der Waals surface area contributed by atoms with E-state index in [9.17, 15) is 0 Å². The molecule has 1 saturated carbocycles. The minimum atomic E-state index is 0.829. The van der Waals surface area contributed by atoms with Crippen molar-refractivity contribution in [3.63, 3.8) is 0 Å². The zero-order chi connectivity index (χ0) is 11.7. The van der Waals surface area contributed by atoms with Crippen LogP contribution in [0.5, 0.6) is 0 Å². The summed E-state index contributed by atoms with van der Waals surface area (Å²) in [5.74, 6) is 0.960. The van der Waals surface area contributed by atoms with Gasteiger partial charge in [0.15, 0.2) is 0 Å². The smallest absolute Gasteiger partial charge is 0.0123 e. The molecular weight excluding hydrogens is 228 g/mol. The van der Waals surface area contributed by atoms with E-state index in [-0.39, 0.29) is 0 Å². The second kappa shape index (κ2) is 5.50. The van der Waals surface area contributed by atoms with Crippen LogP contribution in [-0.2, 0) is 0 Å². The summed E-state index contributed by atoms with van der Waals surface area (Å²) < 4.78 is 0. The van der Waals surface area contributed by atoms with E-state index in [1.807, 2.05) is 0 Å². The molecule has 0 aromatic carbocycles. The maximum absolute atomic E-state index is 3.99. The topological polar surface area (TPSA) is 15.3 Å². The van der Waals surface area contributed by atoms with Crippen molar-refractivity contribution in [3.8, 4) is 0 Å². The molecule has 17 heavy (non-hydrogen) atoms. The van der Waals surface area contributed by atoms with Crippen LogP contribution in [0.15, 0.2) is 0 Å². The molecule has 1 N–H and O–H groups in total. The molecule has 98 valence electrons. The summed E-state index contributed by atoms with van der Waals surface area (Å²) in [6.07, 6.45) is 10.8. The van der Waals surface area contributed by atoms with Gasteiger partial charge in [0.25, 0.3) is 0 Å². The number of thioether (sulfide) groups is 1. The third-order valence-electron chi connectivity index (χ3n) is 5.09. The fourth-order valence-electron chi connectivity index (χ4n) is 3.94. The summed E-state index contributed by atoms with van der Waals surface area (Å²) in [6, 6.07) is 1.67. The number of nitrogens with zero attached hydrogens (tertiary/aromatic N) is 1. The first-order valence-corrected chi connectivity index (χ1v) is 8.65. The van der Waals surface area contributed by atoms with Crippen LogP contribution in [0.2, 0.25) is 0 Å². The van der Waals surface area contributed by atoms with E-state index in [2.05, 4.69) is 28.2 Å². The Morgan fingerprint density at radius 1 is 1.00 bits per heavy atom. The fourth-order valence-corrected chi connectivity index (χ4v) is 4.68. The van der Waals surface area contributed by atoms with Crippen LogP contribution >= 0.6 is 11.8 Å². The summed E-state index contributed by atoms with van der Waals surface area (Å²) in [5, 5.41) is 4.94. The highest BCUT2D eigenvalue weighted by Crippen LogP contribution is 2.31. The van der Waals surface area contributed by atoms with Gasteiger partial charge in [0.2, 0.25) is 0 Å². The van der Waals surface area contributed by atoms with Crippen molar-refractivity contribution in [2.75, 3.05) is 25.9 Å². The monoisotopic (exact) mass is 254 g/mol. The lowest BCUT2D eigenvalue weighted by atomic mass is 9.89. The molecule has 2 aliphatic heterocycles. The molecule has 0 radical (unpaired) electrons. The number of hydrogen-bond donors (Lipinski definition) is 1. The van der Waals surface area contributed by atoms with E-state index in [4.69, 9.17) is 0 Å². The minimum Gasteiger partial charge on any atom is -0.311 e. The normalized spacial score (nSPS) is 46.1. The molecule has 3 atom stereocenters. The van der Waals surface area contributed by atoms with Crippen molar-refractivity contribution >= 4 is 11.8 Å². The first kappa shape index (κ1) is 12.3. The third kappa shape index (κ3) is 2.82. The van der Waals surface area contributed by atoms with Crippen molar-refractivity contribution < 1.29 is 0 Å². The highest BCUT2D eigenvalue weighted by Gasteiger charge is 2.35. The summed E-state index contributed by atoms with van der Waals surface area (Å²) >= 11 is 2.07. The van der Waals surface area contributed by atoms with Crippen LogP contribution in [0.3, 0.4) is 0 Å². The summed E-state index contributed by atoms with van der Waals surface area (Å²) in [6.45, 7) is 4.08. The zero-order valence-electron chi connectivity index (χ0n) is 11.0. The molecule has 1 aliphatic carbocycles. The Hall–Kier alpha value is 0.270. The fraction of sp³-hybridized carbons (Fsp3) is 1.00. The number of rotatable bonds is 3. The van der Waals surface area contributed by atoms with Crippen LogP contribution in [0.25, 0.3) is 0 Å². The molecule has 3 rings (SSSR count). The molecule has 2 saturated heterocycles. The lowest BCUT2D eigenvalue weighted by Gasteiger charge is -2.36. The molecule has 3 heteroatoms. The van der Waals surface area contributed by atoms with Crippen LogP contribution in [0, 0.1) is 5.92 Å². The maximum Gasteiger partial charge on any atom is 0.0123 e. The molecule has 2 bridgehead atoms. The van der Waals surface area contributed by atoms with E-state index in [0.717, 1.165) is 23.3 Å². The van der Waals surface area contributed by atoms with Crippen molar-refractivity contribution in [1.82, 2.24) is 10.2 Å². The van der Waals surface area contributed by atoms with Crippen LogP contribution < -0.4 is 5.32 Å². The predicted molar refractivity (Wildman–Crippen MR) is 75.6 cm³/mol. The van der Waals surface area contributed by atoms with Gasteiger partial charge in [-0.15, -0.1) is 0 Å². The Labute approximate surface area is 110 Å². The maximum atomic E-state index is 3.99. The van der Waals surface area contributed by atoms with Crippen molar-refractivity contribution in [3.05, 3.63) is 0 Å². The highest BCUT2D eigenvalue weighted by atomic mass is 32.2. The van der Waals surface area contributed by atoms with Crippen molar-refractivity contribution in [2.45, 2.75) is 55.9 Å². The van der Waals surface area contributed by atoms with E-state index in [1.165, 1.54) is 58.2 Å². The van der Waals surface area contributed by atoms with Crippen LogP contribution in [0.1, 0.15) is 38.5 Å². The van der Waals surface area contributed by atoms with Gasteiger partial charge in [0.1, 0.15) is 0 Å². The number of nitrogens with one attached hydrogen (secondary N) is 1. The molecule has 2 heterocycles. The summed E-state index contributed by atoms with van der Waals surface area (Å²) in [5.41, 5.74) is 0. The van der Waals surface area contributed by atoms with Crippen LogP contribution in [0.4, 0.5) is 0 Å². The predicted octanol–water partition coefficient (Wildman–Crippen LogP) is 2.34. The molecule has 2 nitrogen and oxygen atoms in total. The number of fused-ring (bicyclic) bond motifs is 2. The molecular formula is C14H26N2S. The van der Waals surface area contributed by atoms with Gasteiger partial charge in [0.05, 0.1) is 0 Å². The second-order valence-electron chi connectivity index (χ2n) is 6.12. The van der Waals surface area contributed by atoms with E-state index >= 15 is 0 Å². The average Bonchev–Trinajstić information content (AvgIpc) is 2.77. The van der Waals surface area contributed by atoms with Crippen LogP contribution in [-0.4, -0.2) is 48.1 Å². The molecule has 0 aromatic rings. The largest absolute Gasteiger partial charge is 0.311 e. The Kier molecular flexibility index (Phi) is 3.98. The lowest BCUT2D eigenvalue weighted by molar-refractivity contribution is 0.199. The molecule has 0 amide bonds. The average molecular weight is 254 g/mol. The van der Waals surface area contributed by atoms with Crippen molar-refractivity contribution in [2.24, 2.45) is 5.92 Å². The minimum absolute atomic E-state index is 0.829. The molecule has 3 unspecified atom stereocenters. The van der Waals surface area contributed by atoms with E-state index < -0.39 is 0 Å².